The zero-order chi connectivity index (χ0) is 15.8. The molecule has 1 aromatic carbocycles. The van der Waals surface area contributed by atoms with Crippen molar-refractivity contribution in [2.45, 2.75) is 40.5 Å². The lowest BCUT2D eigenvalue weighted by Crippen LogP contribution is -2.07. The molecule has 0 radical (unpaired) electrons. The van der Waals surface area contributed by atoms with E-state index in [-0.39, 0.29) is 5.56 Å². The molecule has 0 aliphatic rings. The smallest absolute Gasteiger partial charge is 0.251 e. The summed E-state index contributed by atoms with van der Waals surface area (Å²) < 4.78 is 25.6. The molecule has 0 saturated heterocycles. The van der Waals surface area contributed by atoms with E-state index in [9.17, 15) is 8.78 Å². The van der Waals surface area contributed by atoms with Crippen LogP contribution < -0.4 is 0 Å². The second-order valence-electron chi connectivity index (χ2n) is 4.44. The lowest BCUT2D eigenvalue weighted by atomic mass is 10.0. The largest absolute Gasteiger partial charge is 0.270 e. The van der Waals surface area contributed by atoms with E-state index in [2.05, 4.69) is 4.99 Å². The highest BCUT2D eigenvalue weighted by molar-refractivity contribution is 5.56. The van der Waals surface area contributed by atoms with Crippen molar-refractivity contribution in [2.24, 2.45) is 4.99 Å². The summed E-state index contributed by atoms with van der Waals surface area (Å²) in [5.74, 6) is -2.73. The topological polar surface area (TPSA) is 36.1 Å². The molecule has 0 heterocycles. The highest BCUT2D eigenvalue weighted by atomic mass is 19.3. The Hall–Kier alpha value is -2.02. The Morgan fingerprint density at radius 2 is 1.70 bits per heavy atom. The highest BCUT2D eigenvalue weighted by Crippen LogP contribution is 2.28. The third-order valence-corrected chi connectivity index (χ3v) is 2.38. The van der Waals surface area contributed by atoms with E-state index >= 15 is 0 Å². The molecule has 1 aromatic rings. The van der Waals surface area contributed by atoms with Crippen LogP contribution in [0.2, 0.25) is 0 Å². The van der Waals surface area contributed by atoms with Gasteiger partial charge in [-0.15, -0.1) is 0 Å². The average Bonchev–Trinajstić information content (AvgIpc) is 2.34. The summed E-state index contributed by atoms with van der Waals surface area (Å²) in [7, 11) is 0. The zero-order valence-corrected chi connectivity index (χ0v) is 12.5. The minimum Gasteiger partial charge on any atom is -0.251 e. The van der Waals surface area contributed by atoms with Gasteiger partial charge in [0.15, 0.2) is 0 Å². The van der Waals surface area contributed by atoms with Crippen LogP contribution in [0.4, 0.5) is 8.78 Å². The Bertz CT molecular complexity index is 512. The van der Waals surface area contributed by atoms with Crippen molar-refractivity contribution in [2.75, 3.05) is 0 Å². The highest BCUT2D eigenvalue weighted by Gasteiger charge is 2.24. The molecule has 0 aromatic heterocycles. The number of aliphatic imine (C=N–C) groups is 1. The molecule has 4 heteroatoms. The van der Waals surface area contributed by atoms with E-state index in [1.807, 2.05) is 26.0 Å². The van der Waals surface area contributed by atoms with Crippen molar-refractivity contribution < 1.29 is 8.78 Å². The predicted octanol–water partition coefficient (Wildman–Crippen LogP) is 4.92. The fourth-order valence-corrected chi connectivity index (χ4v) is 1.54. The van der Waals surface area contributed by atoms with Crippen molar-refractivity contribution in [1.29, 1.82) is 5.26 Å². The number of hydrogen-bond donors (Lipinski definition) is 0. The molecule has 0 fully saturated rings. The van der Waals surface area contributed by atoms with E-state index in [4.69, 9.17) is 5.26 Å². The van der Waals surface area contributed by atoms with Crippen LogP contribution in [-0.4, -0.2) is 6.21 Å². The molecule has 0 unspecified atom stereocenters. The number of allylic oxidation sites excluding steroid dienone is 2. The number of nitrogens with zero attached hydrogens (tertiary/aromatic N) is 2. The van der Waals surface area contributed by atoms with Gasteiger partial charge in [-0.1, -0.05) is 35.4 Å². The van der Waals surface area contributed by atoms with E-state index < -0.39 is 5.92 Å². The molecular weight excluding hydrogens is 258 g/mol. The monoisotopic (exact) mass is 278 g/mol. The summed E-state index contributed by atoms with van der Waals surface area (Å²) in [4.78, 5) is 3.74. The number of nitriles is 1. The molecule has 2 nitrogen and oxygen atoms in total. The molecule has 1 rings (SSSR count). The van der Waals surface area contributed by atoms with Gasteiger partial charge in [0.1, 0.15) is 11.8 Å². The lowest BCUT2D eigenvalue weighted by Gasteiger charge is -2.11. The third-order valence-electron chi connectivity index (χ3n) is 2.38. The number of hydrogen-bond acceptors (Lipinski definition) is 2. The molecule has 0 spiro atoms. The molecular formula is C16H20F2N2. The van der Waals surface area contributed by atoms with E-state index in [0.717, 1.165) is 18.1 Å². The van der Waals surface area contributed by atoms with Gasteiger partial charge in [0, 0.05) is 18.7 Å². The molecule has 0 aliphatic carbocycles. The van der Waals surface area contributed by atoms with Crippen LogP contribution in [0.15, 0.2) is 35.0 Å². The van der Waals surface area contributed by atoms with Gasteiger partial charge in [-0.05, 0) is 27.7 Å². The summed E-state index contributed by atoms with van der Waals surface area (Å²) in [5, 5.41) is 8.23. The number of alkyl halides is 2. The molecule has 0 aliphatic heterocycles. The first kappa shape index (κ1) is 18.0. The number of halogens is 2. The van der Waals surface area contributed by atoms with Crippen LogP contribution in [0.1, 0.15) is 37.5 Å². The van der Waals surface area contributed by atoms with E-state index in [0.29, 0.717) is 5.70 Å². The fraction of sp³-hybridized carbons (Fsp3) is 0.375. The van der Waals surface area contributed by atoms with Gasteiger partial charge in [0.05, 0.1) is 0 Å². The minimum absolute atomic E-state index is 0.0972. The standard InChI is InChI=1S/C10H12F2.C6H8N2/c1-7-4-8(2)6-9(5-7)10(3,11)12;1-3-6(5-7)8-4-2/h4-6H,1-3H3;3-4H,1-2H3/b;6-3-,8-4?. The van der Waals surface area contributed by atoms with Crippen LogP contribution in [0.5, 0.6) is 0 Å². The van der Waals surface area contributed by atoms with Gasteiger partial charge < -0.3 is 0 Å². The molecule has 0 saturated carbocycles. The van der Waals surface area contributed by atoms with Gasteiger partial charge in [-0.25, -0.2) is 8.78 Å². The third kappa shape index (κ3) is 6.79. The maximum atomic E-state index is 12.8. The minimum atomic E-state index is -2.73. The van der Waals surface area contributed by atoms with Crippen molar-refractivity contribution in [3.63, 3.8) is 0 Å². The fourth-order valence-electron chi connectivity index (χ4n) is 1.54. The van der Waals surface area contributed by atoms with Gasteiger partial charge in [0.2, 0.25) is 0 Å². The van der Waals surface area contributed by atoms with Crippen LogP contribution in [-0.2, 0) is 5.92 Å². The van der Waals surface area contributed by atoms with Crippen LogP contribution in [0.3, 0.4) is 0 Å². The van der Waals surface area contributed by atoms with Gasteiger partial charge >= 0.3 is 0 Å². The Kier molecular flexibility index (Phi) is 7.38. The Labute approximate surface area is 119 Å². The Balaban J connectivity index is 0.000000396. The van der Waals surface area contributed by atoms with Crippen LogP contribution in [0.25, 0.3) is 0 Å². The second kappa shape index (κ2) is 8.21. The average molecular weight is 278 g/mol. The summed E-state index contributed by atoms with van der Waals surface area (Å²) in [6.45, 7) is 8.12. The summed E-state index contributed by atoms with van der Waals surface area (Å²) >= 11 is 0. The lowest BCUT2D eigenvalue weighted by molar-refractivity contribution is 0.0173. The number of rotatable bonds is 2. The van der Waals surface area contributed by atoms with Crippen molar-refractivity contribution in [3.8, 4) is 6.07 Å². The predicted molar refractivity (Wildman–Crippen MR) is 79.0 cm³/mol. The zero-order valence-electron chi connectivity index (χ0n) is 12.5. The van der Waals surface area contributed by atoms with Crippen LogP contribution in [0, 0.1) is 25.2 Å². The number of aryl methyl sites for hydroxylation is 2. The van der Waals surface area contributed by atoms with Gasteiger partial charge in [0.25, 0.3) is 5.92 Å². The molecule has 0 N–H and O–H groups in total. The Morgan fingerprint density at radius 3 is 1.95 bits per heavy atom. The van der Waals surface area contributed by atoms with Crippen molar-refractivity contribution in [1.82, 2.24) is 0 Å². The van der Waals surface area contributed by atoms with E-state index in [1.54, 1.807) is 26.1 Å². The molecule has 108 valence electrons. The first-order valence-corrected chi connectivity index (χ1v) is 6.26. The number of benzene rings is 1. The van der Waals surface area contributed by atoms with Crippen molar-refractivity contribution in [3.05, 3.63) is 46.7 Å². The Morgan fingerprint density at radius 1 is 1.20 bits per heavy atom. The van der Waals surface area contributed by atoms with Gasteiger partial charge in [-0.3, -0.25) is 4.99 Å². The maximum Gasteiger partial charge on any atom is 0.270 e. The van der Waals surface area contributed by atoms with Crippen LogP contribution >= 0.6 is 0 Å². The molecule has 20 heavy (non-hydrogen) atoms. The molecule has 0 bridgehead atoms. The quantitative estimate of drug-likeness (QED) is 0.558. The van der Waals surface area contributed by atoms with E-state index in [1.165, 1.54) is 12.1 Å². The SMILES string of the molecule is CC=N/C(C#N)=C\C.Cc1cc(C)cc(C(C)(F)F)c1. The summed E-state index contributed by atoms with van der Waals surface area (Å²) in [5.41, 5.74) is 2.32. The molecule has 0 atom stereocenters. The second-order valence-corrected chi connectivity index (χ2v) is 4.44. The maximum absolute atomic E-state index is 12.8. The van der Waals surface area contributed by atoms with Gasteiger partial charge in [-0.2, -0.15) is 5.26 Å². The van der Waals surface area contributed by atoms with Crippen molar-refractivity contribution >= 4 is 6.21 Å². The summed E-state index contributed by atoms with van der Waals surface area (Å²) in [6.07, 6.45) is 3.26. The first-order chi connectivity index (χ1) is 9.24. The normalized spacial score (nSPS) is 11.8. The summed E-state index contributed by atoms with van der Waals surface area (Å²) in [6, 6.07) is 6.84. The molecule has 0 amide bonds. The first-order valence-electron chi connectivity index (χ1n) is 6.26.